The van der Waals surface area contributed by atoms with Gasteiger partial charge in [-0.25, -0.2) is 4.39 Å². The van der Waals surface area contributed by atoms with Crippen LogP contribution in [0.25, 0.3) is 0 Å². The second-order valence-corrected chi connectivity index (χ2v) is 6.60. The van der Waals surface area contributed by atoms with Gasteiger partial charge in [0.1, 0.15) is 18.2 Å². The minimum Gasteiger partial charge on any atom is -0.489 e. The molecule has 0 unspecified atom stereocenters. The van der Waals surface area contributed by atoms with E-state index in [0.29, 0.717) is 24.5 Å². The van der Waals surface area contributed by atoms with Crippen molar-refractivity contribution in [3.8, 4) is 5.75 Å². The SMILES string of the molecule is O=C(NNC(=S)NCc1ccc(F)cc1)c1ccc(OCc2ccccc2)cc1. The maximum atomic E-state index is 12.9. The Labute approximate surface area is 173 Å². The fourth-order valence-electron chi connectivity index (χ4n) is 2.46. The molecule has 0 saturated carbocycles. The lowest BCUT2D eigenvalue weighted by Crippen LogP contribution is -2.46. The van der Waals surface area contributed by atoms with Crippen LogP contribution in [0.2, 0.25) is 0 Å². The van der Waals surface area contributed by atoms with Gasteiger partial charge in [0, 0.05) is 12.1 Å². The molecule has 0 bridgehead atoms. The average Bonchev–Trinajstić information content (AvgIpc) is 2.76. The van der Waals surface area contributed by atoms with Crippen molar-refractivity contribution < 1.29 is 13.9 Å². The number of hydrogen-bond acceptors (Lipinski definition) is 3. The van der Waals surface area contributed by atoms with Crippen LogP contribution in [-0.4, -0.2) is 11.0 Å². The van der Waals surface area contributed by atoms with Gasteiger partial charge in [-0.2, -0.15) is 0 Å². The van der Waals surface area contributed by atoms with Crippen molar-refractivity contribution in [1.82, 2.24) is 16.2 Å². The molecule has 0 spiro atoms. The summed E-state index contributed by atoms with van der Waals surface area (Å²) in [5.74, 6) is 0.0542. The lowest BCUT2D eigenvalue weighted by molar-refractivity contribution is 0.0943. The Kier molecular flexibility index (Phi) is 7.13. The summed E-state index contributed by atoms with van der Waals surface area (Å²) >= 11 is 5.12. The molecule has 148 valence electrons. The number of halogens is 1. The summed E-state index contributed by atoms with van der Waals surface area (Å²) in [6.07, 6.45) is 0. The molecule has 0 aliphatic heterocycles. The van der Waals surface area contributed by atoms with Crippen LogP contribution in [0.3, 0.4) is 0 Å². The molecule has 0 atom stereocenters. The first-order valence-corrected chi connectivity index (χ1v) is 9.36. The molecule has 0 saturated heterocycles. The van der Waals surface area contributed by atoms with E-state index in [0.717, 1.165) is 11.1 Å². The van der Waals surface area contributed by atoms with Crippen LogP contribution in [-0.2, 0) is 13.2 Å². The average molecular weight is 409 g/mol. The summed E-state index contributed by atoms with van der Waals surface area (Å²) in [5.41, 5.74) is 7.57. The van der Waals surface area contributed by atoms with Crippen LogP contribution in [0, 0.1) is 5.82 Å². The maximum absolute atomic E-state index is 12.9. The first kappa shape index (κ1) is 20.3. The van der Waals surface area contributed by atoms with Gasteiger partial charge >= 0.3 is 0 Å². The van der Waals surface area contributed by atoms with Gasteiger partial charge < -0.3 is 10.1 Å². The Morgan fingerprint density at radius 3 is 2.24 bits per heavy atom. The number of hydrogen-bond donors (Lipinski definition) is 3. The van der Waals surface area contributed by atoms with Crippen molar-refractivity contribution in [1.29, 1.82) is 0 Å². The molecule has 3 rings (SSSR count). The number of carbonyl (C=O) groups excluding carboxylic acids is 1. The third kappa shape index (κ3) is 6.58. The van der Waals surface area contributed by atoms with E-state index < -0.39 is 0 Å². The van der Waals surface area contributed by atoms with Crippen LogP contribution in [0.15, 0.2) is 78.9 Å². The first-order valence-electron chi connectivity index (χ1n) is 8.95. The summed E-state index contributed by atoms with van der Waals surface area (Å²) in [6, 6.07) is 22.7. The molecule has 0 aliphatic rings. The number of benzene rings is 3. The summed E-state index contributed by atoms with van der Waals surface area (Å²) in [7, 11) is 0. The number of nitrogens with one attached hydrogen (secondary N) is 3. The third-order valence-electron chi connectivity index (χ3n) is 4.02. The molecule has 5 nitrogen and oxygen atoms in total. The Balaban J connectivity index is 1.41. The largest absolute Gasteiger partial charge is 0.489 e. The third-order valence-corrected chi connectivity index (χ3v) is 4.27. The van der Waals surface area contributed by atoms with E-state index in [1.165, 1.54) is 12.1 Å². The highest BCUT2D eigenvalue weighted by atomic mass is 32.1. The molecule has 0 aromatic heterocycles. The van der Waals surface area contributed by atoms with E-state index in [4.69, 9.17) is 17.0 Å². The van der Waals surface area contributed by atoms with Gasteiger partial charge in [0.05, 0.1) is 0 Å². The molecule has 1 amide bonds. The van der Waals surface area contributed by atoms with Crippen molar-refractivity contribution in [3.63, 3.8) is 0 Å². The maximum Gasteiger partial charge on any atom is 0.269 e. The summed E-state index contributed by atoms with van der Waals surface area (Å²) in [6.45, 7) is 0.872. The predicted octanol–water partition coefficient (Wildman–Crippen LogP) is 3.71. The molecule has 29 heavy (non-hydrogen) atoms. The zero-order valence-electron chi connectivity index (χ0n) is 15.5. The van der Waals surface area contributed by atoms with E-state index in [1.54, 1.807) is 36.4 Å². The van der Waals surface area contributed by atoms with Gasteiger partial charge in [0.2, 0.25) is 0 Å². The highest BCUT2D eigenvalue weighted by Crippen LogP contribution is 2.14. The molecule has 0 aliphatic carbocycles. The number of carbonyl (C=O) groups is 1. The predicted molar refractivity (Wildman–Crippen MR) is 114 cm³/mol. The molecule has 7 heteroatoms. The zero-order valence-corrected chi connectivity index (χ0v) is 16.3. The molecular weight excluding hydrogens is 389 g/mol. The van der Waals surface area contributed by atoms with Gasteiger partial charge in [-0.3, -0.25) is 15.6 Å². The first-order chi connectivity index (χ1) is 14.1. The van der Waals surface area contributed by atoms with Crippen LogP contribution < -0.4 is 20.9 Å². The fraction of sp³-hybridized carbons (Fsp3) is 0.0909. The van der Waals surface area contributed by atoms with Gasteiger partial charge in [0.25, 0.3) is 5.91 Å². The van der Waals surface area contributed by atoms with Crippen molar-refractivity contribution in [3.05, 3.63) is 101 Å². The van der Waals surface area contributed by atoms with E-state index in [-0.39, 0.29) is 16.8 Å². The summed E-state index contributed by atoms with van der Waals surface area (Å²) < 4.78 is 18.6. The lowest BCUT2D eigenvalue weighted by atomic mass is 10.2. The minimum atomic E-state index is -0.328. The van der Waals surface area contributed by atoms with Gasteiger partial charge in [-0.15, -0.1) is 0 Å². The number of ether oxygens (including phenoxy) is 1. The Hall–Kier alpha value is -3.45. The second-order valence-electron chi connectivity index (χ2n) is 6.19. The van der Waals surface area contributed by atoms with Gasteiger partial charge in [0.15, 0.2) is 5.11 Å². The monoisotopic (exact) mass is 409 g/mol. The smallest absolute Gasteiger partial charge is 0.269 e. The molecule has 3 N–H and O–H groups in total. The van der Waals surface area contributed by atoms with Crippen molar-refractivity contribution in [2.75, 3.05) is 0 Å². The normalized spacial score (nSPS) is 10.1. The Morgan fingerprint density at radius 1 is 0.862 bits per heavy atom. The van der Waals surface area contributed by atoms with Crippen LogP contribution in [0.1, 0.15) is 21.5 Å². The van der Waals surface area contributed by atoms with Crippen LogP contribution >= 0.6 is 12.2 Å². The molecule has 3 aromatic carbocycles. The second kappa shape index (κ2) is 10.2. The van der Waals surface area contributed by atoms with Crippen molar-refractivity contribution in [2.45, 2.75) is 13.2 Å². The van der Waals surface area contributed by atoms with Crippen LogP contribution in [0.5, 0.6) is 5.75 Å². The minimum absolute atomic E-state index is 0.255. The highest BCUT2D eigenvalue weighted by Gasteiger charge is 2.06. The zero-order chi connectivity index (χ0) is 20.5. The van der Waals surface area contributed by atoms with Crippen LogP contribution in [0.4, 0.5) is 4.39 Å². The molecule has 0 radical (unpaired) electrons. The number of amides is 1. The van der Waals surface area contributed by atoms with Crippen molar-refractivity contribution in [2.24, 2.45) is 0 Å². The number of rotatable bonds is 6. The van der Waals surface area contributed by atoms with Crippen molar-refractivity contribution >= 4 is 23.2 Å². The standard InChI is InChI=1S/C22H20FN3O2S/c23-19-10-6-16(7-11-19)14-24-22(29)26-25-21(27)18-8-12-20(13-9-18)28-15-17-4-2-1-3-5-17/h1-13H,14-15H2,(H,25,27)(H2,24,26,29). The Bertz CT molecular complexity index is 948. The molecular formula is C22H20FN3O2S. The van der Waals surface area contributed by atoms with E-state index in [2.05, 4.69) is 16.2 Å². The lowest BCUT2D eigenvalue weighted by Gasteiger charge is -2.12. The summed E-state index contributed by atoms with van der Waals surface area (Å²) in [4.78, 5) is 12.2. The highest BCUT2D eigenvalue weighted by molar-refractivity contribution is 7.80. The fourth-order valence-corrected chi connectivity index (χ4v) is 2.58. The molecule has 0 fully saturated rings. The molecule has 3 aromatic rings. The van der Waals surface area contributed by atoms with Gasteiger partial charge in [-0.1, -0.05) is 42.5 Å². The van der Waals surface area contributed by atoms with Gasteiger partial charge in [-0.05, 0) is 59.7 Å². The number of hydrazine groups is 1. The quantitative estimate of drug-likeness (QED) is 0.428. The number of thiocarbonyl (C=S) groups is 1. The molecule has 0 heterocycles. The van der Waals surface area contributed by atoms with E-state index >= 15 is 0 Å². The van der Waals surface area contributed by atoms with E-state index in [9.17, 15) is 9.18 Å². The summed E-state index contributed by atoms with van der Waals surface area (Å²) in [5, 5.41) is 3.18. The topological polar surface area (TPSA) is 62.4 Å². The van der Waals surface area contributed by atoms with E-state index in [1.807, 2.05) is 30.3 Å². The Morgan fingerprint density at radius 2 is 1.55 bits per heavy atom.